The molecule has 2 unspecified atom stereocenters. The third-order valence-electron chi connectivity index (χ3n) is 4.63. The molecule has 2 aromatic carbocycles. The molecule has 27 heavy (non-hydrogen) atoms. The third kappa shape index (κ3) is 4.86. The minimum absolute atomic E-state index is 0.149. The summed E-state index contributed by atoms with van der Waals surface area (Å²) >= 11 is 0. The fourth-order valence-electron chi connectivity index (χ4n) is 3.39. The van der Waals surface area contributed by atoms with E-state index in [4.69, 9.17) is 9.05 Å². The van der Waals surface area contributed by atoms with E-state index in [2.05, 4.69) is 22.7 Å². The molecule has 144 valence electrons. The Bertz CT molecular complexity index is 786. The highest BCUT2D eigenvalue weighted by molar-refractivity contribution is 7.54. The normalized spacial score (nSPS) is 18.0. The van der Waals surface area contributed by atoms with Gasteiger partial charge in [-0.05, 0) is 25.0 Å². The summed E-state index contributed by atoms with van der Waals surface area (Å²) in [6.07, 6.45) is 1.32. The van der Waals surface area contributed by atoms with Gasteiger partial charge in [0.1, 0.15) is 0 Å². The number of rotatable bonds is 9. The van der Waals surface area contributed by atoms with E-state index in [1.165, 1.54) is 5.56 Å². The molecule has 0 bridgehead atoms. The van der Waals surface area contributed by atoms with E-state index >= 15 is 0 Å². The maximum Gasteiger partial charge on any atom is 0.338 e. The van der Waals surface area contributed by atoms with Gasteiger partial charge in [0.15, 0.2) is 0 Å². The Hall–Kier alpha value is -1.94. The number of hydrogen-bond donors (Lipinski definition) is 1. The lowest BCUT2D eigenvalue weighted by Crippen LogP contribution is -2.12. The fraction of sp³-hybridized carbons (Fsp3) is 0.381. The Kier molecular flexibility index (Phi) is 6.84. The van der Waals surface area contributed by atoms with Gasteiger partial charge in [0.2, 0.25) is 0 Å². The highest BCUT2D eigenvalue weighted by Gasteiger charge is 2.38. The highest BCUT2D eigenvalue weighted by atomic mass is 31.2. The van der Waals surface area contributed by atoms with E-state index in [1.807, 2.05) is 62.4 Å². The summed E-state index contributed by atoms with van der Waals surface area (Å²) in [4.78, 5) is 0. The van der Waals surface area contributed by atoms with Gasteiger partial charge in [-0.15, -0.1) is 0 Å². The first-order valence-electron chi connectivity index (χ1n) is 9.46. The zero-order valence-electron chi connectivity index (χ0n) is 15.9. The molecule has 1 aliphatic rings. The second-order valence-electron chi connectivity index (χ2n) is 6.48. The molecule has 0 amide bonds. The minimum Gasteiger partial charge on any atom is -0.308 e. The maximum atomic E-state index is 13.5. The van der Waals surface area contributed by atoms with Crippen molar-refractivity contribution < 1.29 is 13.6 Å². The van der Waals surface area contributed by atoms with Crippen LogP contribution in [0.5, 0.6) is 0 Å². The summed E-state index contributed by atoms with van der Waals surface area (Å²) in [6, 6.07) is 20.2. The fourth-order valence-corrected chi connectivity index (χ4v) is 5.52. The van der Waals surface area contributed by atoms with Crippen LogP contribution in [0.2, 0.25) is 0 Å². The molecule has 6 heteroatoms. The summed E-state index contributed by atoms with van der Waals surface area (Å²) in [5, 5.41) is 4.53. The van der Waals surface area contributed by atoms with Crippen LogP contribution in [0, 0.1) is 0 Å². The minimum atomic E-state index is -3.30. The molecule has 0 aromatic heterocycles. The maximum absolute atomic E-state index is 13.5. The first kappa shape index (κ1) is 19.8. The first-order valence-corrected chi connectivity index (χ1v) is 11.1. The van der Waals surface area contributed by atoms with Crippen LogP contribution in [-0.2, 0) is 13.6 Å². The monoisotopic (exact) mass is 386 g/mol. The smallest absolute Gasteiger partial charge is 0.308 e. The van der Waals surface area contributed by atoms with Gasteiger partial charge in [-0.25, -0.2) is 0 Å². The van der Waals surface area contributed by atoms with Crippen LogP contribution < -0.4 is 5.43 Å². The highest BCUT2D eigenvalue weighted by Crippen LogP contribution is 2.62. The Morgan fingerprint density at radius 1 is 1.04 bits per heavy atom. The Labute approximate surface area is 161 Å². The molecule has 5 nitrogen and oxygen atoms in total. The lowest BCUT2D eigenvalue weighted by Gasteiger charge is -2.26. The lowest BCUT2D eigenvalue weighted by molar-refractivity contribution is 0.212. The van der Waals surface area contributed by atoms with Gasteiger partial charge in [-0.2, -0.15) is 5.10 Å². The molecule has 1 N–H and O–H groups in total. The molecule has 2 aromatic rings. The van der Waals surface area contributed by atoms with Crippen molar-refractivity contribution in [3.05, 3.63) is 71.8 Å². The van der Waals surface area contributed by atoms with Gasteiger partial charge in [-0.3, -0.25) is 4.57 Å². The lowest BCUT2D eigenvalue weighted by atomic mass is 9.99. The van der Waals surface area contributed by atoms with E-state index in [0.717, 1.165) is 17.7 Å². The second-order valence-corrected chi connectivity index (χ2v) is 8.70. The topological polar surface area (TPSA) is 59.9 Å². The Morgan fingerprint density at radius 2 is 1.63 bits per heavy atom. The molecule has 1 heterocycles. The average Bonchev–Trinajstić information content (AvgIpc) is 3.17. The summed E-state index contributed by atoms with van der Waals surface area (Å²) < 4.78 is 24.9. The quantitative estimate of drug-likeness (QED) is 0.580. The van der Waals surface area contributed by atoms with Crippen molar-refractivity contribution in [2.45, 2.75) is 38.4 Å². The number of hydrogen-bond acceptors (Lipinski definition) is 5. The molecule has 0 saturated carbocycles. The summed E-state index contributed by atoms with van der Waals surface area (Å²) in [7, 11) is -3.30. The zero-order chi connectivity index (χ0) is 19.1. The van der Waals surface area contributed by atoms with Crippen LogP contribution in [-0.4, -0.2) is 18.9 Å². The molecular formula is C21H27N2O3P. The van der Waals surface area contributed by atoms with Gasteiger partial charge in [-0.1, -0.05) is 60.7 Å². The van der Waals surface area contributed by atoms with Crippen LogP contribution in [0.3, 0.4) is 0 Å². The van der Waals surface area contributed by atoms with E-state index in [9.17, 15) is 4.57 Å². The molecule has 0 saturated heterocycles. The second kappa shape index (κ2) is 9.32. The van der Waals surface area contributed by atoms with E-state index in [0.29, 0.717) is 19.6 Å². The molecule has 1 aliphatic heterocycles. The van der Waals surface area contributed by atoms with Crippen LogP contribution in [0.15, 0.2) is 65.8 Å². The van der Waals surface area contributed by atoms with Gasteiger partial charge < -0.3 is 14.5 Å². The largest absolute Gasteiger partial charge is 0.338 e. The van der Waals surface area contributed by atoms with Crippen molar-refractivity contribution in [2.24, 2.45) is 5.10 Å². The number of nitrogens with one attached hydrogen (secondary N) is 1. The van der Waals surface area contributed by atoms with Crippen molar-refractivity contribution >= 4 is 13.3 Å². The van der Waals surface area contributed by atoms with Gasteiger partial charge in [0, 0.05) is 18.6 Å². The van der Waals surface area contributed by atoms with E-state index in [1.54, 1.807) is 0 Å². The first-order chi connectivity index (χ1) is 13.2. The van der Waals surface area contributed by atoms with Crippen LogP contribution in [0.1, 0.15) is 49.5 Å². The van der Waals surface area contributed by atoms with Crippen LogP contribution in [0.4, 0.5) is 0 Å². The molecular weight excluding hydrogens is 359 g/mol. The van der Waals surface area contributed by atoms with Crippen molar-refractivity contribution in [1.82, 2.24) is 5.43 Å². The summed E-state index contributed by atoms with van der Waals surface area (Å²) in [6.45, 7) is 4.37. The predicted octanol–water partition coefficient (Wildman–Crippen LogP) is 5.47. The molecule has 0 fully saturated rings. The van der Waals surface area contributed by atoms with E-state index < -0.39 is 7.60 Å². The predicted molar refractivity (Wildman–Crippen MR) is 109 cm³/mol. The molecule has 0 aliphatic carbocycles. The van der Waals surface area contributed by atoms with Crippen molar-refractivity contribution in [3.8, 4) is 0 Å². The van der Waals surface area contributed by atoms with Crippen LogP contribution >= 0.6 is 7.60 Å². The van der Waals surface area contributed by atoms with Crippen LogP contribution in [0.25, 0.3) is 0 Å². The summed E-state index contributed by atoms with van der Waals surface area (Å²) in [5.41, 5.74) is 5.98. The molecule has 2 atom stereocenters. The number of hydrazone groups is 1. The molecule has 0 radical (unpaired) electrons. The number of nitrogens with zero attached hydrogens (tertiary/aromatic N) is 1. The van der Waals surface area contributed by atoms with E-state index in [-0.39, 0.29) is 11.7 Å². The number of benzene rings is 2. The van der Waals surface area contributed by atoms with Gasteiger partial charge in [0.25, 0.3) is 0 Å². The van der Waals surface area contributed by atoms with Crippen molar-refractivity contribution in [1.29, 1.82) is 0 Å². The standard InChI is InChI=1S/C21H27N2O3P/c1-3-25-27(24,26-4-2)21(18-13-9-6-10-14-18)16-19-15-20(23-22-19)17-11-7-5-8-12-17/h5-14,20-21,23H,3-4,15-16H2,1-2H3. The van der Waals surface area contributed by atoms with Crippen molar-refractivity contribution in [3.63, 3.8) is 0 Å². The third-order valence-corrected chi connectivity index (χ3v) is 7.11. The summed E-state index contributed by atoms with van der Waals surface area (Å²) in [5.74, 6) is 0. The zero-order valence-corrected chi connectivity index (χ0v) is 16.8. The molecule has 3 rings (SSSR count). The molecule has 0 spiro atoms. The SMILES string of the molecule is CCOP(=O)(OCC)C(CC1=NNC(c2ccccc2)C1)c1ccccc1. The van der Waals surface area contributed by atoms with Gasteiger partial charge >= 0.3 is 7.60 Å². The average molecular weight is 386 g/mol. The van der Waals surface area contributed by atoms with Gasteiger partial charge in [0.05, 0.1) is 24.9 Å². The Balaban J connectivity index is 1.81. The van der Waals surface area contributed by atoms with Crippen molar-refractivity contribution in [2.75, 3.05) is 13.2 Å². The Morgan fingerprint density at radius 3 is 2.22 bits per heavy atom.